The smallest absolute Gasteiger partial charge is 0.227 e. The zero-order valence-corrected chi connectivity index (χ0v) is 13.3. The van der Waals surface area contributed by atoms with Gasteiger partial charge in [0.05, 0.1) is 5.75 Å². The largest absolute Gasteiger partial charge is 0.312 e. The average molecular weight is 326 g/mol. The number of rotatable bonds is 3. The Balaban J connectivity index is 1.81. The molecule has 5 nitrogen and oxygen atoms in total. The van der Waals surface area contributed by atoms with Gasteiger partial charge in [0.25, 0.3) is 0 Å². The van der Waals surface area contributed by atoms with Crippen LogP contribution < -0.4 is 4.90 Å². The second-order valence-corrected chi connectivity index (χ2v) is 8.38. The van der Waals surface area contributed by atoms with E-state index in [4.69, 9.17) is 0 Å². The molecule has 0 aliphatic carbocycles. The summed E-state index contributed by atoms with van der Waals surface area (Å²) in [6.45, 7) is 2.91. The third-order valence-corrected chi connectivity index (χ3v) is 6.43. The van der Waals surface area contributed by atoms with Crippen LogP contribution >= 0.6 is 0 Å². The van der Waals surface area contributed by atoms with Gasteiger partial charge in [-0.15, -0.1) is 0 Å². The quantitative estimate of drug-likeness (QED) is 0.848. The van der Waals surface area contributed by atoms with Crippen molar-refractivity contribution in [3.8, 4) is 0 Å². The molecule has 0 bridgehead atoms. The molecule has 0 N–H and O–H groups in total. The number of benzene rings is 1. The first-order valence-electron chi connectivity index (χ1n) is 7.39. The SMILES string of the molecule is CCS(=O)(=O)N1CCC2(CC(=O)N(c3cccc(F)c3)C2)C1. The summed E-state index contributed by atoms with van der Waals surface area (Å²) in [6.07, 6.45) is 0.989. The van der Waals surface area contributed by atoms with Crippen LogP contribution in [-0.2, 0) is 14.8 Å². The van der Waals surface area contributed by atoms with Crippen molar-refractivity contribution in [2.24, 2.45) is 5.41 Å². The molecule has 2 heterocycles. The molecular formula is C15H19FN2O3S. The zero-order valence-electron chi connectivity index (χ0n) is 12.5. The highest BCUT2D eigenvalue weighted by Gasteiger charge is 2.49. The number of amides is 1. The summed E-state index contributed by atoms with van der Waals surface area (Å²) in [7, 11) is -3.22. The van der Waals surface area contributed by atoms with Gasteiger partial charge in [0, 0.05) is 37.2 Å². The van der Waals surface area contributed by atoms with Crippen LogP contribution in [0.15, 0.2) is 24.3 Å². The molecule has 120 valence electrons. The minimum absolute atomic E-state index is 0.0682. The lowest BCUT2D eigenvalue weighted by atomic mass is 9.86. The van der Waals surface area contributed by atoms with Gasteiger partial charge < -0.3 is 4.90 Å². The number of sulfonamides is 1. The van der Waals surface area contributed by atoms with E-state index in [-0.39, 0.29) is 22.9 Å². The number of nitrogens with zero attached hydrogens (tertiary/aromatic N) is 2. The van der Waals surface area contributed by atoms with E-state index in [1.165, 1.54) is 16.4 Å². The third kappa shape index (κ3) is 2.63. The van der Waals surface area contributed by atoms with Gasteiger partial charge in [0.1, 0.15) is 5.82 Å². The van der Waals surface area contributed by atoms with Crippen molar-refractivity contribution in [3.05, 3.63) is 30.1 Å². The second-order valence-electron chi connectivity index (χ2n) is 6.12. The van der Waals surface area contributed by atoms with Crippen molar-refractivity contribution in [2.45, 2.75) is 19.8 Å². The standard InChI is InChI=1S/C15H19FN2O3S/c1-2-22(20,21)17-7-6-15(10-17)9-14(19)18(11-15)13-5-3-4-12(16)8-13/h3-5,8H,2,6-7,9-11H2,1H3. The van der Waals surface area contributed by atoms with Crippen molar-refractivity contribution >= 4 is 21.6 Å². The van der Waals surface area contributed by atoms with Gasteiger partial charge in [-0.3, -0.25) is 4.79 Å². The monoisotopic (exact) mass is 326 g/mol. The predicted molar refractivity (Wildman–Crippen MR) is 81.5 cm³/mol. The number of carbonyl (C=O) groups excluding carboxylic acids is 1. The lowest BCUT2D eigenvalue weighted by Crippen LogP contribution is -2.34. The molecule has 2 saturated heterocycles. The van der Waals surface area contributed by atoms with Crippen LogP contribution in [0.3, 0.4) is 0 Å². The Morgan fingerprint density at radius 3 is 2.77 bits per heavy atom. The molecular weight excluding hydrogens is 307 g/mol. The number of hydrogen-bond donors (Lipinski definition) is 0. The summed E-state index contributed by atoms with van der Waals surface area (Å²) in [5.74, 6) is -0.376. The third-order valence-electron chi connectivity index (χ3n) is 4.60. The molecule has 7 heteroatoms. The van der Waals surface area contributed by atoms with Gasteiger partial charge in [0.2, 0.25) is 15.9 Å². The first-order valence-corrected chi connectivity index (χ1v) is 9.00. The molecule has 2 aliphatic heterocycles. The molecule has 1 atom stereocenters. The Hall–Kier alpha value is -1.47. The summed E-state index contributed by atoms with van der Waals surface area (Å²) in [6, 6.07) is 5.96. The van der Waals surface area contributed by atoms with E-state index in [9.17, 15) is 17.6 Å². The van der Waals surface area contributed by atoms with Crippen LogP contribution in [0.4, 0.5) is 10.1 Å². The van der Waals surface area contributed by atoms with Gasteiger partial charge in [-0.1, -0.05) is 6.07 Å². The summed E-state index contributed by atoms with van der Waals surface area (Å²) >= 11 is 0. The van der Waals surface area contributed by atoms with Gasteiger partial charge in [-0.25, -0.2) is 17.1 Å². The molecule has 1 unspecified atom stereocenters. The summed E-state index contributed by atoms with van der Waals surface area (Å²) in [4.78, 5) is 13.9. The summed E-state index contributed by atoms with van der Waals surface area (Å²) in [5, 5.41) is 0. The number of carbonyl (C=O) groups is 1. The maximum atomic E-state index is 13.4. The molecule has 0 saturated carbocycles. The van der Waals surface area contributed by atoms with Gasteiger partial charge in [0.15, 0.2) is 0 Å². The van der Waals surface area contributed by atoms with Gasteiger partial charge >= 0.3 is 0 Å². The molecule has 1 aromatic rings. The highest BCUT2D eigenvalue weighted by molar-refractivity contribution is 7.89. The minimum Gasteiger partial charge on any atom is -0.312 e. The van der Waals surface area contributed by atoms with Gasteiger partial charge in [-0.2, -0.15) is 0 Å². The van der Waals surface area contributed by atoms with E-state index in [1.807, 2.05) is 0 Å². The molecule has 22 heavy (non-hydrogen) atoms. The van der Waals surface area contributed by atoms with E-state index in [0.717, 1.165) is 0 Å². The lowest BCUT2D eigenvalue weighted by Gasteiger charge is -2.24. The predicted octanol–water partition coefficient (Wildman–Crippen LogP) is 1.60. The molecule has 2 fully saturated rings. The fraction of sp³-hybridized carbons (Fsp3) is 0.533. The van der Waals surface area contributed by atoms with Crippen molar-refractivity contribution in [1.29, 1.82) is 0 Å². The maximum absolute atomic E-state index is 13.4. The Labute approximate surface area is 129 Å². The zero-order chi connectivity index (χ0) is 16.0. The maximum Gasteiger partial charge on any atom is 0.227 e. The fourth-order valence-corrected chi connectivity index (χ4v) is 4.57. The van der Waals surface area contributed by atoms with Crippen molar-refractivity contribution < 1.29 is 17.6 Å². The normalized spacial score (nSPS) is 26.3. The molecule has 0 aromatic heterocycles. The summed E-state index contributed by atoms with van der Waals surface area (Å²) in [5.41, 5.74) is 0.199. The molecule has 1 aromatic carbocycles. The fourth-order valence-electron chi connectivity index (χ4n) is 3.36. The average Bonchev–Trinajstić information content (AvgIpc) is 3.03. The van der Waals surface area contributed by atoms with E-state index in [2.05, 4.69) is 0 Å². The minimum atomic E-state index is -3.22. The van der Waals surface area contributed by atoms with Crippen LogP contribution in [0.25, 0.3) is 0 Å². The van der Waals surface area contributed by atoms with Crippen LogP contribution in [0.1, 0.15) is 19.8 Å². The van der Waals surface area contributed by atoms with E-state index < -0.39 is 10.0 Å². The topological polar surface area (TPSA) is 57.7 Å². The molecule has 0 radical (unpaired) electrons. The van der Waals surface area contributed by atoms with Crippen molar-refractivity contribution in [1.82, 2.24) is 4.31 Å². The highest BCUT2D eigenvalue weighted by atomic mass is 32.2. The van der Waals surface area contributed by atoms with E-state index in [1.54, 1.807) is 24.0 Å². The number of halogens is 1. The Morgan fingerprint density at radius 1 is 1.32 bits per heavy atom. The Bertz CT molecular complexity index is 706. The first kappa shape index (κ1) is 15.4. The Kier molecular flexibility index (Phi) is 3.72. The van der Waals surface area contributed by atoms with E-state index in [0.29, 0.717) is 38.2 Å². The Morgan fingerprint density at radius 2 is 2.09 bits per heavy atom. The van der Waals surface area contributed by atoms with Gasteiger partial charge in [-0.05, 0) is 31.5 Å². The molecule has 1 amide bonds. The van der Waals surface area contributed by atoms with Crippen molar-refractivity contribution in [3.63, 3.8) is 0 Å². The number of anilines is 1. The molecule has 2 aliphatic rings. The van der Waals surface area contributed by atoms with Crippen LogP contribution in [0.2, 0.25) is 0 Å². The summed E-state index contributed by atoms with van der Waals surface area (Å²) < 4.78 is 38.8. The van der Waals surface area contributed by atoms with Crippen LogP contribution in [-0.4, -0.2) is 44.0 Å². The highest BCUT2D eigenvalue weighted by Crippen LogP contribution is 2.42. The molecule has 1 spiro atoms. The number of hydrogen-bond acceptors (Lipinski definition) is 3. The van der Waals surface area contributed by atoms with E-state index >= 15 is 0 Å². The van der Waals surface area contributed by atoms with Crippen molar-refractivity contribution in [2.75, 3.05) is 30.3 Å². The first-order chi connectivity index (χ1) is 10.4. The van der Waals surface area contributed by atoms with Crippen LogP contribution in [0.5, 0.6) is 0 Å². The van der Waals surface area contributed by atoms with Crippen LogP contribution in [0, 0.1) is 11.2 Å². The lowest BCUT2D eigenvalue weighted by molar-refractivity contribution is -0.117. The second kappa shape index (κ2) is 5.31. The molecule has 3 rings (SSSR count).